The Labute approximate surface area is 104 Å². The lowest BCUT2D eigenvalue weighted by atomic mass is 10.2. The maximum absolute atomic E-state index is 13.4. The summed E-state index contributed by atoms with van der Waals surface area (Å²) in [5.74, 6) is -0.292. The van der Waals surface area contributed by atoms with Crippen molar-refractivity contribution in [1.82, 2.24) is 0 Å². The van der Waals surface area contributed by atoms with Crippen molar-refractivity contribution < 1.29 is 22.7 Å². The van der Waals surface area contributed by atoms with E-state index in [1.165, 1.54) is 0 Å². The molecule has 4 nitrogen and oxygen atoms in total. The Bertz CT molecular complexity index is 599. The van der Waals surface area contributed by atoms with Crippen molar-refractivity contribution in [3.63, 3.8) is 0 Å². The van der Waals surface area contributed by atoms with Gasteiger partial charge in [0.1, 0.15) is 10.7 Å². The molecule has 0 aliphatic heterocycles. The standard InChI is InChI=1S/C12H11FO4S/c1-2-3-4-7-18(16,17)11-8-9(12(14)15)5-6-10(11)13/h1,5-6,8H,3-4,7H2,(H,14,15). The monoisotopic (exact) mass is 270 g/mol. The molecule has 0 heterocycles. The maximum atomic E-state index is 13.4. The van der Waals surface area contributed by atoms with Crippen molar-refractivity contribution in [2.45, 2.75) is 17.7 Å². The Balaban J connectivity index is 3.12. The minimum Gasteiger partial charge on any atom is -0.478 e. The second-order valence-electron chi connectivity index (χ2n) is 3.58. The average Bonchev–Trinajstić information content (AvgIpc) is 2.29. The molecule has 0 aromatic heterocycles. The summed E-state index contributed by atoms with van der Waals surface area (Å²) < 4.78 is 37.0. The molecule has 0 saturated heterocycles. The molecule has 0 saturated carbocycles. The van der Waals surface area contributed by atoms with Gasteiger partial charge in [-0.3, -0.25) is 0 Å². The molecular formula is C12H11FO4S. The molecule has 0 unspecified atom stereocenters. The molecule has 1 rings (SSSR count). The first kappa shape index (κ1) is 14.2. The van der Waals surface area contributed by atoms with Crippen LogP contribution >= 0.6 is 0 Å². The summed E-state index contributed by atoms with van der Waals surface area (Å²) in [6.07, 6.45) is 5.46. The SMILES string of the molecule is C#CCCCS(=O)(=O)c1cc(C(=O)O)ccc1F. The smallest absolute Gasteiger partial charge is 0.335 e. The molecule has 0 radical (unpaired) electrons. The fourth-order valence-corrected chi connectivity index (χ4v) is 2.76. The van der Waals surface area contributed by atoms with E-state index in [-0.39, 0.29) is 24.2 Å². The van der Waals surface area contributed by atoms with Gasteiger partial charge in [0.25, 0.3) is 0 Å². The Morgan fingerprint density at radius 2 is 2.11 bits per heavy atom. The van der Waals surface area contributed by atoms with Gasteiger partial charge in [-0.15, -0.1) is 12.3 Å². The average molecular weight is 270 g/mol. The van der Waals surface area contributed by atoms with Crippen molar-refractivity contribution in [2.24, 2.45) is 0 Å². The lowest BCUT2D eigenvalue weighted by molar-refractivity contribution is 0.0696. The van der Waals surface area contributed by atoms with Crippen LogP contribution in [0.4, 0.5) is 4.39 Å². The second kappa shape index (κ2) is 5.65. The first-order valence-electron chi connectivity index (χ1n) is 5.07. The van der Waals surface area contributed by atoms with Gasteiger partial charge in [0.2, 0.25) is 0 Å². The fraction of sp³-hybridized carbons (Fsp3) is 0.250. The zero-order valence-corrected chi connectivity index (χ0v) is 10.2. The molecule has 18 heavy (non-hydrogen) atoms. The summed E-state index contributed by atoms with van der Waals surface area (Å²) in [7, 11) is -3.85. The lowest BCUT2D eigenvalue weighted by Gasteiger charge is -2.05. The Kier molecular flexibility index (Phi) is 4.45. The summed E-state index contributed by atoms with van der Waals surface area (Å²) in [6.45, 7) is 0. The highest BCUT2D eigenvalue weighted by atomic mass is 32.2. The van der Waals surface area contributed by atoms with Gasteiger partial charge in [0.15, 0.2) is 9.84 Å². The third kappa shape index (κ3) is 3.31. The number of carboxylic acids is 1. The Hall–Kier alpha value is -1.87. The predicted octanol–water partition coefficient (Wildman–Crippen LogP) is 1.71. The molecular weight excluding hydrogens is 259 g/mol. The number of carboxylic acid groups (broad SMARTS) is 1. The summed E-state index contributed by atoms with van der Waals surface area (Å²) in [5.41, 5.74) is -0.271. The van der Waals surface area contributed by atoms with E-state index in [4.69, 9.17) is 11.5 Å². The third-order valence-corrected chi connectivity index (χ3v) is 4.06. The van der Waals surface area contributed by atoms with Crippen molar-refractivity contribution in [3.05, 3.63) is 29.6 Å². The number of terminal acetylenes is 1. The van der Waals surface area contributed by atoms with E-state index in [0.29, 0.717) is 0 Å². The van der Waals surface area contributed by atoms with Gasteiger partial charge in [-0.05, 0) is 24.6 Å². The molecule has 0 aliphatic rings. The molecule has 1 aromatic carbocycles. The van der Waals surface area contributed by atoms with E-state index in [1.807, 2.05) is 0 Å². The number of unbranched alkanes of at least 4 members (excludes halogenated alkanes) is 1. The number of hydrogen-bond acceptors (Lipinski definition) is 3. The molecule has 96 valence electrons. The quantitative estimate of drug-likeness (QED) is 0.653. The van der Waals surface area contributed by atoms with E-state index in [2.05, 4.69) is 5.92 Å². The number of carbonyl (C=O) groups is 1. The molecule has 1 aromatic rings. The highest BCUT2D eigenvalue weighted by Crippen LogP contribution is 2.19. The molecule has 0 spiro atoms. The van der Waals surface area contributed by atoms with Gasteiger partial charge in [0.05, 0.1) is 11.3 Å². The summed E-state index contributed by atoms with van der Waals surface area (Å²) in [4.78, 5) is 10.1. The second-order valence-corrected chi connectivity index (χ2v) is 5.65. The lowest BCUT2D eigenvalue weighted by Crippen LogP contribution is -2.10. The summed E-state index contributed by atoms with van der Waals surface area (Å²) in [5, 5.41) is 8.74. The van der Waals surface area contributed by atoms with Crippen molar-refractivity contribution in [1.29, 1.82) is 0 Å². The van der Waals surface area contributed by atoms with Gasteiger partial charge in [-0.1, -0.05) is 0 Å². The van der Waals surface area contributed by atoms with E-state index >= 15 is 0 Å². The third-order valence-electron chi connectivity index (χ3n) is 2.25. The number of benzene rings is 1. The number of sulfone groups is 1. The zero-order valence-electron chi connectivity index (χ0n) is 9.39. The molecule has 0 aliphatic carbocycles. The van der Waals surface area contributed by atoms with Gasteiger partial charge in [-0.2, -0.15) is 0 Å². The summed E-state index contributed by atoms with van der Waals surface area (Å²) >= 11 is 0. The van der Waals surface area contributed by atoms with Crippen molar-refractivity contribution >= 4 is 15.8 Å². The molecule has 0 amide bonds. The van der Waals surface area contributed by atoms with Crippen LogP contribution in [0, 0.1) is 18.2 Å². The number of hydrogen-bond donors (Lipinski definition) is 1. The van der Waals surface area contributed by atoms with Gasteiger partial charge >= 0.3 is 5.97 Å². The highest BCUT2D eigenvalue weighted by Gasteiger charge is 2.20. The van der Waals surface area contributed by atoms with Crippen molar-refractivity contribution in [2.75, 3.05) is 5.75 Å². The largest absolute Gasteiger partial charge is 0.478 e. The number of aromatic carboxylic acids is 1. The Morgan fingerprint density at radius 3 is 2.67 bits per heavy atom. The normalized spacial score (nSPS) is 10.9. The maximum Gasteiger partial charge on any atom is 0.335 e. The van der Waals surface area contributed by atoms with Gasteiger partial charge < -0.3 is 5.11 Å². The van der Waals surface area contributed by atoms with Crippen LogP contribution in [-0.2, 0) is 9.84 Å². The molecule has 0 bridgehead atoms. The van der Waals surface area contributed by atoms with Crippen LogP contribution in [0.15, 0.2) is 23.1 Å². The van der Waals surface area contributed by atoms with Crippen LogP contribution in [0.2, 0.25) is 0 Å². The zero-order chi connectivity index (χ0) is 13.8. The van der Waals surface area contributed by atoms with E-state index in [0.717, 1.165) is 18.2 Å². The molecule has 1 N–H and O–H groups in total. The topological polar surface area (TPSA) is 71.4 Å². The fourth-order valence-electron chi connectivity index (χ4n) is 1.35. The summed E-state index contributed by atoms with van der Waals surface area (Å²) in [6, 6.07) is 2.67. The molecule has 6 heteroatoms. The van der Waals surface area contributed by atoms with Crippen LogP contribution < -0.4 is 0 Å². The van der Waals surface area contributed by atoms with Crippen LogP contribution in [0.3, 0.4) is 0 Å². The van der Waals surface area contributed by atoms with Crippen LogP contribution in [0.25, 0.3) is 0 Å². The molecule has 0 fully saturated rings. The minimum absolute atomic E-state index is 0.204. The minimum atomic E-state index is -3.85. The predicted molar refractivity (Wildman–Crippen MR) is 63.5 cm³/mol. The Morgan fingerprint density at radius 1 is 1.44 bits per heavy atom. The van der Waals surface area contributed by atoms with Crippen LogP contribution in [0.5, 0.6) is 0 Å². The van der Waals surface area contributed by atoms with Crippen molar-refractivity contribution in [3.8, 4) is 12.3 Å². The van der Waals surface area contributed by atoms with E-state index in [9.17, 15) is 17.6 Å². The van der Waals surface area contributed by atoms with E-state index in [1.54, 1.807) is 0 Å². The first-order chi connectivity index (χ1) is 8.38. The highest BCUT2D eigenvalue weighted by molar-refractivity contribution is 7.91. The van der Waals surface area contributed by atoms with E-state index < -0.39 is 26.5 Å². The number of rotatable bonds is 5. The molecule has 0 atom stereocenters. The van der Waals surface area contributed by atoms with Crippen LogP contribution in [0.1, 0.15) is 23.2 Å². The first-order valence-corrected chi connectivity index (χ1v) is 6.73. The van der Waals surface area contributed by atoms with Gasteiger partial charge in [-0.25, -0.2) is 17.6 Å². The number of halogens is 1. The van der Waals surface area contributed by atoms with Gasteiger partial charge in [0, 0.05) is 6.42 Å². The van der Waals surface area contributed by atoms with Crippen LogP contribution in [-0.4, -0.2) is 25.2 Å².